The van der Waals surface area contributed by atoms with Crippen molar-refractivity contribution in [3.8, 4) is 5.75 Å². The number of nitrogens with zero attached hydrogens (tertiary/aromatic N) is 1. The van der Waals surface area contributed by atoms with Gasteiger partial charge in [-0.05, 0) is 18.2 Å². The van der Waals surface area contributed by atoms with Gasteiger partial charge in [-0.1, -0.05) is 0 Å². The summed E-state index contributed by atoms with van der Waals surface area (Å²) in [5.74, 6) is 0.103. The third-order valence-electron chi connectivity index (χ3n) is 2.28. The van der Waals surface area contributed by atoms with Crippen LogP contribution in [-0.4, -0.2) is 18.1 Å². The summed E-state index contributed by atoms with van der Waals surface area (Å²) in [6, 6.07) is 4.78. The summed E-state index contributed by atoms with van der Waals surface area (Å²) in [5, 5.41) is 2.58. The minimum Gasteiger partial charge on any atom is -0.495 e. The Balaban J connectivity index is 2.02. The van der Waals surface area contributed by atoms with E-state index in [9.17, 15) is 4.79 Å². The summed E-state index contributed by atoms with van der Waals surface area (Å²) in [6.45, 7) is 0.169. The van der Waals surface area contributed by atoms with Crippen molar-refractivity contribution in [1.29, 1.82) is 0 Å². The third kappa shape index (κ3) is 2.78. The average molecular weight is 264 g/mol. The number of ether oxygens (including phenoxy) is 2. The van der Waals surface area contributed by atoms with Gasteiger partial charge >= 0.3 is 5.97 Å². The fourth-order valence-corrected chi connectivity index (χ4v) is 1.92. The molecule has 0 spiro atoms. The number of rotatable bonds is 4. The summed E-state index contributed by atoms with van der Waals surface area (Å²) < 4.78 is 10.1. The van der Waals surface area contributed by atoms with Crippen LogP contribution in [0.5, 0.6) is 5.75 Å². The molecule has 94 valence electrons. The molecule has 0 bridgehead atoms. The molecule has 0 radical (unpaired) electrons. The number of carbonyl (C=O) groups excluding carboxylic acids is 1. The van der Waals surface area contributed by atoms with Crippen molar-refractivity contribution < 1.29 is 14.3 Å². The highest BCUT2D eigenvalue weighted by Gasteiger charge is 2.10. The van der Waals surface area contributed by atoms with Gasteiger partial charge in [0.15, 0.2) is 0 Å². The second kappa shape index (κ2) is 5.50. The number of thiazole rings is 1. The zero-order valence-electron chi connectivity index (χ0n) is 9.75. The molecule has 1 aromatic heterocycles. The lowest BCUT2D eigenvalue weighted by atomic mass is 10.2. The zero-order chi connectivity index (χ0) is 13.0. The Hall–Kier alpha value is -2.08. The van der Waals surface area contributed by atoms with E-state index in [0.29, 0.717) is 17.0 Å². The first-order valence-corrected chi connectivity index (χ1v) is 6.07. The minimum absolute atomic E-state index is 0.169. The number of anilines is 1. The van der Waals surface area contributed by atoms with Crippen LogP contribution in [0.15, 0.2) is 29.8 Å². The molecule has 2 aromatic rings. The highest BCUT2D eigenvalue weighted by Crippen LogP contribution is 2.22. The molecule has 0 aliphatic heterocycles. The van der Waals surface area contributed by atoms with Gasteiger partial charge in [0.25, 0.3) is 0 Å². The standard InChI is InChI=1S/C12H12N2O3S/c1-16-10-3-2-8(6-9(10)13)12(15)17-7-11-14-4-5-18-11/h2-6H,7,13H2,1H3. The lowest BCUT2D eigenvalue weighted by Gasteiger charge is -2.06. The van der Waals surface area contributed by atoms with Gasteiger partial charge in [-0.25, -0.2) is 9.78 Å². The number of hydrogen-bond acceptors (Lipinski definition) is 6. The van der Waals surface area contributed by atoms with Gasteiger partial charge in [0.2, 0.25) is 0 Å². The predicted octanol–water partition coefficient (Wildman–Crippen LogP) is 2.09. The second-order valence-corrected chi connectivity index (χ2v) is 4.44. The maximum atomic E-state index is 11.7. The average Bonchev–Trinajstić information content (AvgIpc) is 2.89. The quantitative estimate of drug-likeness (QED) is 0.676. The summed E-state index contributed by atoms with van der Waals surface area (Å²) in [6.07, 6.45) is 1.67. The summed E-state index contributed by atoms with van der Waals surface area (Å²) >= 11 is 1.44. The highest BCUT2D eigenvalue weighted by atomic mass is 32.1. The van der Waals surface area contributed by atoms with Crippen LogP contribution in [0.1, 0.15) is 15.4 Å². The molecule has 1 heterocycles. The molecule has 5 nitrogen and oxygen atoms in total. The molecule has 0 saturated heterocycles. The highest BCUT2D eigenvalue weighted by molar-refractivity contribution is 7.09. The van der Waals surface area contributed by atoms with E-state index in [2.05, 4.69) is 4.98 Å². The first-order valence-electron chi connectivity index (χ1n) is 5.19. The molecule has 0 saturated carbocycles. The number of benzene rings is 1. The molecule has 0 fully saturated rings. The van der Waals surface area contributed by atoms with Gasteiger partial charge in [0.1, 0.15) is 17.4 Å². The summed E-state index contributed by atoms with van der Waals surface area (Å²) in [4.78, 5) is 15.8. The minimum atomic E-state index is -0.431. The van der Waals surface area contributed by atoms with Gasteiger partial charge in [-0.2, -0.15) is 0 Å². The molecule has 2 rings (SSSR count). The molecular formula is C12H12N2O3S. The largest absolute Gasteiger partial charge is 0.495 e. The van der Waals surface area contributed by atoms with Crippen LogP contribution in [0.3, 0.4) is 0 Å². The van der Waals surface area contributed by atoms with Gasteiger partial charge in [-0.3, -0.25) is 0 Å². The van der Waals surface area contributed by atoms with E-state index in [4.69, 9.17) is 15.2 Å². The Morgan fingerprint density at radius 2 is 2.33 bits per heavy atom. The van der Waals surface area contributed by atoms with E-state index in [-0.39, 0.29) is 6.61 Å². The van der Waals surface area contributed by atoms with Crippen LogP contribution in [0.4, 0.5) is 5.69 Å². The molecule has 0 atom stereocenters. The topological polar surface area (TPSA) is 74.4 Å². The zero-order valence-corrected chi connectivity index (χ0v) is 10.6. The maximum Gasteiger partial charge on any atom is 0.338 e. The van der Waals surface area contributed by atoms with Crippen molar-refractivity contribution in [1.82, 2.24) is 4.98 Å². The van der Waals surface area contributed by atoms with E-state index >= 15 is 0 Å². The Bertz CT molecular complexity index is 540. The normalized spacial score (nSPS) is 10.1. The van der Waals surface area contributed by atoms with Gasteiger partial charge in [0, 0.05) is 11.6 Å². The fraction of sp³-hybridized carbons (Fsp3) is 0.167. The van der Waals surface area contributed by atoms with Crippen molar-refractivity contribution in [3.63, 3.8) is 0 Å². The SMILES string of the molecule is COc1ccc(C(=O)OCc2nccs2)cc1N. The second-order valence-electron chi connectivity index (χ2n) is 3.46. The van der Waals surface area contributed by atoms with Gasteiger partial charge in [-0.15, -0.1) is 11.3 Å². The Labute approximate surface area is 108 Å². The number of nitrogens with two attached hydrogens (primary N) is 1. The van der Waals surface area contributed by atoms with Crippen molar-refractivity contribution in [2.75, 3.05) is 12.8 Å². The number of carbonyl (C=O) groups is 1. The summed E-state index contributed by atoms with van der Waals surface area (Å²) in [7, 11) is 1.52. The van der Waals surface area contributed by atoms with Crippen LogP contribution < -0.4 is 10.5 Å². The van der Waals surface area contributed by atoms with Crippen molar-refractivity contribution in [3.05, 3.63) is 40.3 Å². The monoisotopic (exact) mass is 264 g/mol. The molecule has 0 amide bonds. The van der Waals surface area contributed by atoms with Gasteiger partial charge in [0.05, 0.1) is 18.4 Å². The van der Waals surface area contributed by atoms with E-state index in [1.54, 1.807) is 18.3 Å². The molecule has 6 heteroatoms. The van der Waals surface area contributed by atoms with Crippen LogP contribution in [0.2, 0.25) is 0 Å². The molecule has 1 aromatic carbocycles. The summed E-state index contributed by atoms with van der Waals surface area (Å²) in [5.41, 5.74) is 6.51. The molecule has 2 N–H and O–H groups in total. The number of esters is 1. The predicted molar refractivity (Wildman–Crippen MR) is 68.6 cm³/mol. The molecule has 18 heavy (non-hydrogen) atoms. The van der Waals surface area contributed by atoms with E-state index in [1.165, 1.54) is 24.5 Å². The first kappa shape index (κ1) is 12.4. The lowest BCUT2D eigenvalue weighted by Crippen LogP contribution is -2.06. The fourth-order valence-electron chi connectivity index (χ4n) is 1.40. The smallest absolute Gasteiger partial charge is 0.338 e. The Morgan fingerprint density at radius 1 is 1.50 bits per heavy atom. The maximum absolute atomic E-state index is 11.7. The lowest BCUT2D eigenvalue weighted by molar-refractivity contribution is 0.0472. The van der Waals surface area contributed by atoms with Crippen LogP contribution in [0.25, 0.3) is 0 Å². The number of nitrogen functional groups attached to an aromatic ring is 1. The van der Waals surface area contributed by atoms with Crippen LogP contribution in [0, 0.1) is 0 Å². The van der Waals surface area contributed by atoms with Crippen molar-refractivity contribution >= 4 is 23.0 Å². The molecule has 0 unspecified atom stereocenters. The number of hydrogen-bond donors (Lipinski definition) is 1. The molecular weight excluding hydrogens is 252 g/mol. The van der Waals surface area contributed by atoms with Crippen molar-refractivity contribution in [2.24, 2.45) is 0 Å². The van der Waals surface area contributed by atoms with E-state index in [1.807, 2.05) is 5.38 Å². The number of methoxy groups -OCH3 is 1. The third-order valence-corrected chi connectivity index (χ3v) is 3.03. The Morgan fingerprint density at radius 3 is 2.94 bits per heavy atom. The van der Waals surface area contributed by atoms with Crippen molar-refractivity contribution in [2.45, 2.75) is 6.61 Å². The van der Waals surface area contributed by atoms with E-state index in [0.717, 1.165) is 5.01 Å². The first-order chi connectivity index (χ1) is 8.70. The molecule has 0 aliphatic carbocycles. The molecule has 0 aliphatic rings. The van der Waals surface area contributed by atoms with E-state index < -0.39 is 5.97 Å². The van der Waals surface area contributed by atoms with Crippen LogP contribution in [-0.2, 0) is 11.3 Å². The Kier molecular flexibility index (Phi) is 3.78. The number of aromatic nitrogens is 1. The van der Waals surface area contributed by atoms with Crippen LogP contribution >= 0.6 is 11.3 Å². The van der Waals surface area contributed by atoms with Gasteiger partial charge < -0.3 is 15.2 Å².